The molecule has 0 aromatic carbocycles. The third kappa shape index (κ3) is 2.40. The fraction of sp³-hybridized carbons (Fsp3) is 1.00. The van der Waals surface area contributed by atoms with E-state index in [2.05, 4.69) is 24.4 Å². The van der Waals surface area contributed by atoms with E-state index < -0.39 is 0 Å². The molecule has 1 unspecified atom stereocenters. The summed E-state index contributed by atoms with van der Waals surface area (Å²) in [4.78, 5) is 0. The Hall–Kier alpha value is 0.310. The minimum absolute atomic E-state index is 0.753. The van der Waals surface area contributed by atoms with Gasteiger partial charge in [-0.15, -0.1) is 0 Å². The van der Waals surface area contributed by atoms with Crippen LogP contribution in [-0.4, -0.2) is 22.6 Å². The first-order valence-corrected chi connectivity index (χ1v) is 6.30. The summed E-state index contributed by atoms with van der Waals surface area (Å²) in [6, 6.07) is 1.62. The van der Waals surface area contributed by atoms with Gasteiger partial charge in [0.2, 0.25) is 0 Å². The monoisotopic (exact) mass is 187 g/mol. The Morgan fingerprint density at radius 3 is 2.42 bits per heavy atom. The molecule has 12 heavy (non-hydrogen) atoms. The molecule has 0 spiro atoms. The average molecular weight is 187 g/mol. The second-order valence-electron chi connectivity index (χ2n) is 3.74. The molecule has 72 valence electrons. The highest BCUT2D eigenvalue weighted by atomic mass is 32.2. The van der Waals surface area contributed by atoms with Crippen molar-refractivity contribution in [1.82, 2.24) is 4.31 Å². The molecule has 1 nitrogen and oxygen atoms in total. The van der Waals surface area contributed by atoms with Crippen LogP contribution >= 0.6 is 11.9 Å². The number of hydrogen-bond donors (Lipinski definition) is 0. The predicted octanol–water partition coefficient (Wildman–Crippen LogP) is 3.31. The van der Waals surface area contributed by atoms with E-state index in [1.807, 2.05) is 11.9 Å². The molecule has 2 heteroatoms. The molecule has 0 heterocycles. The quantitative estimate of drug-likeness (QED) is 0.621. The highest BCUT2D eigenvalue weighted by Gasteiger charge is 2.24. The van der Waals surface area contributed by atoms with Gasteiger partial charge in [-0.2, -0.15) is 0 Å². The van der Waals surface area contributed by atoms with Crippen LogP contribution in [0.3, 0.4) is 0 Å². The summed E-state index contributed by atoms with van der Waals surface area (Å²) in [6.07, 6.45) is 9.22. The van der Waals surface area contributed by atoms with E-state index in [0.717, 1.165) is 12.1 Å². The zero-order valence-electron chi connectivity index (χ0n) is 8.55. The van der Waals surface area contributed by atoms with Gasteiger partial charge in [0.1, 0.15) is 0 Å². The maximum absolute atomic E-state index is 2.60. The van der Waals surface area contributed by atoms with Gasteiger partial charge in [0.25, 0.3) is 0 Å². The lowest BCUT2D eigenvalue weighted by atomic mass is 10.2. The molecule has 0 aliphatic heterocycles. The number of hydrogen-bond acceptors (Lipinski definition) is 2. The van der Waals surface area contributed by atoms with E-state index in [9.17, 15) is 0 Å². The summed E-state index contributed by atoms with van der Waals surface area (Å²) in [5.74, 6) is 0. The highest BCUT2D eigenvalue weighted by Crippen LogP contribution is 2.29. The second-order valence-corrected chi connectivity index (χ2v) is 4.52. The maximum Gasteiger partial charge on any atom is 0.0205 e. The fourth-order valence-corrected chi connectivity index (χ4v) is 3.05. The Labute approximate surface area is 81.0 Å². The lowest BCUT2D eigenvalue weighted by Crippen LogP contribution is -2.34. The fourth-order valence-electron chi connectivity index (χ4n) is 2.03. The topological polar surface area (TPSA) is 3.24 Å². The van der Waals surface area contributed by atoms with Crippen LogP contribution in [0.1, 0.15) is 46.0 Å². The Morgan fingerprint density at radius 2 is 2.00 bits per heavy atom. The van der Waals surface area contributed by atoms with Crippen LogP contribution in [0.5, 0.6) is 0 Å². The first-order chi connectivity index (χ1) is 5.79. The van der Waals surface area contributed by atoms with Crippen molar-refractivity contribution < 1.29 is 0 Å². The Morgan fingerprint density at radius 1 is 1.42 bits per heavy atom. The molecule has 1 aliphatic carbocycles. The van der Waals surface area contributed by atoms with Gasteiger partial charge >= 0.3 is 0 Å². The molecule has 1 atom stereocenters. The van der Waals surface area contributed by atoms with Gasteiger partial charge in [0.05, 0.1) is 0 Å². The van der Waals surface area contributed by atoms with Gasteiger partial charge in [-0.3, -0.25) is 0 Å². The standard InChI is InChI=1S/C10H21NS/c1-4-9(2)11(12-3)10-7-5-6-8-10/h9-10H,4-8H2,1-3H3. The molecule has 0 saturated heterocycles. The van der Waals surface area contributed by atoms with Crippen LogP contribution in [0.4, 0.5) is 0 Å². The second kappa shape index (κ2) is 5.13. The van der Waals surface area contributed by atoms with Crippen molar-refractivity contribution in [1.29, 1.82) is 0 Å². The van der Waals surface area contributed by atoms with Crippen molar-refractivity contribution in [2.75, 3.05) is 6.26 Å². The average Bonchev–Trinajstić information content (AvgIpc) is 2.58. The van der Waals surface area contributed by atoms with Crippen molar-refractivity contribution in [2.24, 2.45) is 0 Å². The van der Waals surface area contributed by atoms with Crippen molar-refractivity contribution in [3.05, 3.63) is 0 Å². The van der Waals surface area contributed by atoms with Crippen LogP contribution in [0.25, 0.3) is 0 Å². The summed E-state index contributed by atoms with van der Waals surface area (Å²) < 4.78 is 2.60. The van der Waals surface area contributed by atoms with E-state index in [4.69, 9.17) is 0 Å². The molecule has 1 fully saturated rings. The lowest BCUT2D eigenvalue weighted by molar-refractivity contribution is 0.284. The molecular weight excluding hydrogens is 166 g/mol. The van der Waals surface area contributed by atoms with Gasteiger partial charge in [-0.05, 0) is 32.4 Å². The molecule has 0 aromatic rings. The Kier molecular flexibility index (Phi) is 4.44. The van der Waals surface area contributed by atoms with Gasteiger partial charge in [-0.1, -0.05) is 31.7 Å². The van der Waals surface area contributed by atoms with E-state index in [1.54, 1.807) is 0 Å². The minimum Gasteiger partial charge on any atom is -0.245 e. The number of rotatable bonds is 4. The van der Waals surface area contributed by atoms with Crippen LogP contribution in [0, 0.1) is 0 Å². The molecule has 0 aromatic heterocycles. The Bertz CT molecular complexity index is 121. The molecule has 1 rings (SSSR count). The smallest absolute Gasteiger partial charge is 0.0205 e. The van der Waals surface area contributed by atoms with Crippen LogP contribution in [-0.2, 0) is 0 Å². The van der Waals surface area contributed by atoms with Crippen molar-refractivity contribution in [2.45, 2.75) is 58.0 Å². The summed E-state index contributed by atoms with van der Waals surface area (Å²) in [5, 5.41) is 0. The molecule has 0 radical (unpaired) electrons. The van der Waals surface area contributed by atoms with E-state index >= 15 is 0 Å². The molecule has 1 aliphatic rings. The molecule has 1 saturated carbocycles. The van der Waals surface area contributed by atoms with Crippen molar-refractivity contribution in [3.63, 3.8) is 0 Å². The summed E-state index contributed by atoms with van der Waals surface area (Å²) >= 11 is 1.93. The van der Waals surface area contributed by atoms with Crippen molar-refractivity contribution >= 4 is 11.9 Å². The molecular formula is C10H21NS. The maximum atomic E-state index is 2.60. The normalized spacial score (nSPS) is 22.0. The minimum atomic E-state index is 0.753. The SMILES string of the molecule is CCC(C)N(SC)C1CCCC1. The van der Waals surface area contributed by atoms with Crippen LogP contribution < -0.4 is 0 Å². The third-order valence-electron chi connectivity index (χ3n) is 2.92. The largest absolute Gasteiger partial charge is 0.245 e. The van der Waals surface area contributed by atoms with Crippen LogP contribution in [0.15, 0.2) is 0 Å². The number of nitrogens with zero attached hydrogens (tertiary/aromatic N) is 1. The third-order valence-corrected chi connectivity index (χ3v) is 4.00. The Balaban J connectivity index is 2.42. The molecule has 0 bridgehead atoms. The predicted molar refractivity (Wildman–Crippen MR) is 57.4 cm³/mol. The first kappa shape index (κ1) is 10.4. The molecule has 0 N–H and O–H groups in total. The van der Waals surface area contributed by atoms with Crippen LogP contribution in [0.2, 0.25) is 0 Å². The van der Waals surface area contributed by atoms with Gasteiger partial charge < -0.3 is 0 Å². The summed E-state index contributed by atoms with van der Waals surface area (Å²) in [6.45, 7) is 4.62. The summed E-state index contributed by atoms with van der Waals surface area (Å²) in [7, 11) is 0. The first-order valence-electron chi connectivity index (χ1n) is 5.12. The summed E-state index contributed by atoms with van der Waals surface area (Å²) in [5.41, 5.74) is 0. The zero-order valence-corrected chi connectivity index (χ0v) is 9.36. The molecule has 0 amide bonds. The lowest BCUT2D eigenvalue weighted by Gasteiger charge is -2.31. The van der Waals surface area contributed by atoms with E-state index in [0.29, 0.717) is 0 Å². The van der Waals surface area contributed by atoms with E-state index in [-0.39, 0.29) is 0 Å². The van der Waals surface area contributed by atoms with Gasteiger partial charge in [0.15, 0.2) is 0 Å². The van der Waals surface area contributed by atoms with E-state index in [1.165, 1.54) is 32.1 Å². The van der Waals surface area contributed by atoms with Gasteiger partial charge in [-0.25, -0.2) is 4.31 Å². The highest BCUT2D eigenvalue weighted by molar-refractivity contribution is 7.96. The van der Waals surface area contributed by atoms with Crippen molar-refractivity contribution in [3.8, 4) is 0 Å². The zero-order chi connectivity index (χ0) is 8.97. The van der Waals surface area contributed by atoms with Gasteiger partial charge in [0, 0.05) is 12.1 Å².